The zero-order valence-corrected chi connectivity index (χ0v) is 19.1. The highest BCUT2D eigenvalue weighted by Crippen LogP contribution is 2.35. The first kappa shape index (κ1) is 23.2. The van der Waals surface area contributed by atoms with Gasteiger partial charge in [-0.05, 0) is 30.3 Å². The minimum atomic E-state index is -4.50. The van der Waals surface area contributed by atoms with Gasteiger partial charge in [-0.3, -0.25) is 4.79 Å². The van der Waals surface area contributed by atoms with Gasteiger partial charge in [-0.2, -0.15) is 13.2 Å². The second-order valence-corrected chi connectivity index (χ2v) is 7.92. The molecular formula is C25H23F3N4O2. The number of methoxy groups -OCH3 is 1. The lowest BCUT2D eigenvalue weighted by atomic mass is 10.1. The summed E-state index contributed by atoms with van der Waals surface area (Å²) in [4.78, 5) is 17.7. The first-order valence-electron chi connectivity index (χ1n) is 10.4. The molecule has 9 heteroatoms. The quantitative estimate of drug-likeness (QED) is 0.391. The largest absolute Gasteiger partial charge is 0.497 e. The van der Waals surface area contributed by atoms with Gasteiger partial charge in [0.1, 0.15) is 11.6 Å². The van der Waals surface area contributed by atoms with Crippen LogP contribution in [0.4, 0.5) is 30.4 Å². The number of benzene rings is 2. The highest BCUT2D eigenvalue weighted by Gasteiger charge is 2.31. The number of aromatic nitrogens is 2. The molecule has 2 aromatic carbocycles. The lowest BCUT2D eigenvalue weighted by Crippen LogP contribution is -2.22. The van der Waals surface area contributed by atoms with Crippen LogP contribution in [0.25, 0.3) is 22.2 Å². The standard InChI is InChI=1S/C25H23F3N4O2/c1-15(33)31(2)20-7-5-6-16(8-20)22-9-17-14-29-24(13-23(17)32(22)3)30-19-10-18(25(26,27)28)11-21(12-19)34-4/h5-14H,1-4H3,(H,29,30). The van der Waals surface area contributed by atoms with Crippen molar-refractivity contribution >= 4 is 34.0 Å². The number of anilines is 3. The van der Waals surface area contributed by atoms with E-state index in [1.165, 1.54) is 20.1 Å². The maximum atomic E-state index is 13.2. The fourth-order valence-corrected chi connectivity index (χ4v) is 3.73. The van der Waals surface area contributed by atoms with E-state index < -0.39 is 11.7 Å². The van der Waals surface area contributed by atoms with Crippen LogP contribution in [0.15, 0.2) is 60.8 Å². The lowest BCUT2D eigenvalue weighted by Gasteiger charge is -2.16. The van der Waals surface area contributed by atoms with Crippen LogP contribution >= 0.6 is 0 Å². The number of ether oxygens (including phenoxy) is 1. The van der Waals surface area contributed by atoms with Gasteiger partial charge in [-0.1, -0.05) is 12.1 Å². The fourth-order valence-electron chi connectivity index (χ4n) is 3.73. The second kappa shape index (κ2) is 8.74. The summed E-state index contributed by atoms with van der Waals surface area (Å²) in [6, 6.07) is 14.8. The number of carbonyl (C=O) groups excluding carboxylic acids is 1. The van der Waals surface area contributed by atoms with Crippen LogP contribution < -0.4 is 15.0 Å². The SMILES string of the molecule is COc1cc(Nc2cc3c(cn2)cc(-c2cccc(N(C)C(C)=O)c2)n3C)cc(C(F)(F)F)c1. The smallest absolute Gasteiger partial charge is 0.416 e. The van der Waals surface area contributed by atoms with E-state index in [2.05, 4.69) is 10.3 Å². The van der Waals surface area contributed by atoms with Crippen LogP contribution in [0, 0.1) is 0 Å². The molecule has 0 saturated heterocycles. The maximum Gasteiger partial charge on any atom is 0.416 e. The Bertz CT molecular complexity index is 1380. The summed E-state index contributed by atoms with van der Waals surface area (Å²) < 4.78 is 46.7. The van der Waals surface area contributed by atoms with Crippen molar-refractivity contribution < 1.29 is 22.7 Å². The zero-order chi connectivity index (χ0) is 24.6. The van der Waals surface area contributed by atoms with E-state index in [0.717, 1.165) is 40.0 Å². The van der Waals surface area contributed by atoms with Gasteiger partial charge < -0.3 is 19.5 Å². The van der Waals surface area contributed by atoms with E-state index in [1.807, 2.05) is 41.9 Å². The molecule has 2 heterocycles. The normalized spacial score (nSPS) is 11.5. The van der Waals surface area contributed by atoms with Gasteiger partial charge in [-0.25, -0.2) is 4.98 Å². The van der Waals surface area contributed by atoms with Crippen molar-refractivity contribution in [3.63, 3.8) is 0 Å². The molecule has 0 saturated carbocycles. The van der Waals surface area contributed by atoms with E-state index in [1.54, 1.807) is 24.2 Å². The van der Waals surface area contributed by atoms with Crippen LogP contribution in [-0.4, -0.2) is 29.6 Å². The molecule has 0 atom stereocenters. The summed E-state index contributed by atoms with van der Waals surface area (Å²) in [6.07, 6.45) is -2.84. The van der Waals surface area contributed by atoms with Crippen LogP contribution in [0.3, 0.4) is 0 Å². The molecule has 0 aliphatic rings. The van der Waals surface area contributed by atoms with Crippen molar-refractivity contribution in [2.45, 2.75) is 13.1 Å². The molecule has 0 spiro atoms. The van der Waals surface area contributed by atoms with Gasteiger partial charge in [0, 0.05) is 67.4 Å². The predicted octanol–water partition coefficient (Wildman–Crippen LogP) is 5.99. The van der Waals surface area contributed by atoms with E-state index in [0.29, 0.717) is 5.82 Å². The summed E-state index contributed by atoms with van der Waals surface area (Å²) >= 11 is 0. The second-order valence-electron chi connectivity index (χ2n) is 7.92. The number of nitrogens with one attached hydrogen (secondary N) is 1. The number of hydrogen-bond donors (Lipinski definition) is 1. The number of fused-ring (bicyclic) bond motifs is 1. The molecule has 34 heavy (non-hydrogen) atoms. The summed E-state index contributed by atoms with van der Waals surface area (Å²) in [5, 5.41) is 3.82. The minimum Gasteiger partial charge on any atom is -0.497 e. The Kier molecular flexibility index (Phi) is 5.95. The molecule has 4 aromatic rings. The monoisotopic (exact) mass is 468 g/mol. The number of hydrogen-bond acceptors (Lipinski definition) is 4. The van der Waals surface area contributed by atoms with Gasteiger partial charge in [0.05, 0.1) is 18.2 Å². The van der Waals surface area contributed by atoms with Gasteiger partial charge in [0.15, 0.2) is 0 Å². The van der Waals surface area contributed by atoms with Crippen LogP contribution in [0.5, 0.6) is 5.75 Å². The summed E-state index contributed by atoms with van der Waals surface area (Å²) in [5.74, 6) is 0.419. The third kappa shape index (κ3) is 4.54. The van der Waals surface area contributed by atoms with Gasteiger partial charge in [0.25, 0.3) is 0 Å². The van der Waals surface area contributed by atoms with E-state index in [9.17, 15) is 18.0 Å². The molecule has 0 aliphatic heterocycles. The maximum absolute atomic E-state index is 13.2. The average Bonchev–Trinajstić information content (AvgIpc) is 3.13. The topological polar surface area (TPSA) is 59.4 Å². The van der Waals surface area contributed by atoms with Gasteiger partial charge >= 0.3 is 6.18 Å². The van der Waals surface area contributed by atoms with E-state index in [4.69, 9.17) is 4.74 Å². The Hall–Kier alpha value is -4.01. The number of rotatable bonds is 5. The number of carbonyl (C=O) groups is 1. The number of aryl methyl sites for hydroxylation is 1. The van der Waals surface area contributed by atoms with Crippen molar-refractivity contribution in [1.29, 1.82) is 0 Å². The third-order valence-corrected chi connectivity index (χ3v) is 5.67. The minimum absolute atomic E-state index is 0.0691. The fraction of sp³-hybridized carbons (Fsp3) is 0.200. The zero-order valence-electron chi connectivity index (χ0n) is 19.1. The Morgan fingerprint density at radius 1 is 1.12 bits per heavy atom. The van der Waals surface area contributed by atoms with Crippen molar-refractivity contribution in [3.8, 4) is 17.0 Å². The van der Waals surface area contributed by atoms with Crippen molar-refractivity contribution in [1.82, 2.24) is 9.55 Å². The van der Waals surface area contributed by atoms with Crippen LogP contribution in [-0.2, 0) is 18.0 Å². The lowest BCUT2D eigenvalue weighted by molar-refractivity contribution is -0.137. The molecule has 0 aliphatic carbocycles. The van der Waals surface area contributed by atoms with E-state index >= 15 is 0 Å². The summed E-state index contributed by atoms with van der Waals surface area (Å²) in [5.41, 5.74) is 2.85. The van der Waals surface area contributed by atoms with Crippen molar-refractivity contribution in [2.75, 3.05) is 24.4 Å². The highest BCUT2D eigenvalue weighted by molar-refractivity contribution is 5.93. The average molecular weight is 468 g/mol. The highest BCUT2D eigenvalue weighted by atomic mass is 19.4. The molecule has 1 amide bonds. The van der Waals surface area contributed by atoms with Crippen LogP contribution in [0.1, 0.15) is 12.5 Å². The van der Waals surface area contributed by atoms with E-state index in [-0.39, 0.29) is 17.3 Å². The Balaban J connectivity index is 1.70. The molecule has 0 bridgehead atoms. The molecule has 0 fully saturated rings. The molecular weight excluding hydrogens is 445 g/mol. The van der Waals surface area contributed by atoms with Gasteiger partial charge in [0.2, 0.25) is 5.91 Å². The van der Waals surface area contributed by atoms with Crippen LogP contribution in [0.2, 0.25) is 0 Å². The molecule has 0 unspecified atom stereocenters. The van der Waals surface area contributed by atoms with Crippen molar-refractivity contribution in [2.24, 2.45) is 7.05 Å². The molecule has 4 rings (SSSR count). The Morgan fingerprint density at radius 2 is 1.88 bits per heavy atom. The van der Waals surface area contributed by atoms with Crippen molar-refractivity contribution in [3.05, 3.63) is 66.4 Å². The summed E-state index contributed by atoms with van der Waals surface area (Å²) in [7, 11) is 4.93. The number of amides is 1. The number of pyridine rings is 1. The third-order valence-electron chi connectivity index (χ3n) is 5.67. The Labute approximate surface area is 194 Å². The Morgan fingerprint density at radius 3 is 2.56 bits per heavy atom. The molecule has 0 radical (unpaired) electrons. The first-order valence-corrected chi connectivity index (χ1v) is 10.4. The predicted molar refractivity (Wildman–Crippen MR) is 127 cm³/mol. The molecule has 2 aromatic heterocycles. The van der Waals surface area contributed by atoms with Gasteiger partial charge in [-0.15, -0.1) is 0 Å². The number of halogens is 3. The molecule has 6 nitrogen and oxygen atoms in total. The number of alkyl halides is 3. The molecule has 176 valence electrons. The number of nitrogens with zero attached hydrogens (tertiary/aromatic N) is 3. The molecule has 1 N–H and O–H groups in total. The first-order chi connectivity index (χ1) is 16.1. The summed E-state index contributed by atoms with van der Waals surface area (Å²) in [6.45, 7) is 1.50.